The Morgan fingerprint density at radius 3 is 2.79 bits per heavy atom. The van der Waals surface area contributed by atoms with Crippen LogP contribution in [-0.2, 0) is 0 Å². The lowest BCUT2D eigenvalue weighted by Gasteiger charge is -2.18. The molecule has 5 heteroatoms. The number of ether oxygens (including phenoxy) is 1. The summed E-state index contributed by atoms with van der Waals surface area (Å²) in [5, 5.41) is 22.5. The highest BCUT2D eigenvalue weighted by molar-refractivity contribution is 5.54. The maximum Gasteiger partial charge on any atom is 0.237 e. The van der Waals surface area contributed by atoms with E-state index in [1.54, 1.807) is 19.4 Å². The Kier molecular flexibility index (Phi) is 3.75. The second kappa shape index (κ2) is 5.48. The van der Waals surface area contributed by atoms with Gasteiger partial charge in [-0.1, -0.05) is 0 Å². The number of methoxy groups -OCH3 is 1. The third-order valence-corrected chi connectivity index (χ3v) is 2.81. The van der Waals surface area contributed by atoms with Gasteiger partial charge in [-0.25, -0.2) is 4.98 Å². The van der Waals surface area contributed by atoms with Crippen molar-refractivity contribution in [3.63, 3.8) is 0 Å². The first-order valence-corrected chi connectivity index (χ1v) is 5.89. The van der Waals surface area contributed by atoms with Gasteiger partial charge in [0, 0.05) is 11.8 Å². The van der Waals surface area contributed by atoms with Crippen LogP contribution in [0.1, 0.15) is 18.5 Å². The molecule has 0 aliphatic rings. The number of phenolic OH excluding ortho intramolecular Hbond substituents is 2. The average Bonchev–Trinajstić information content (AvgIpc) is 2.42. The fraction of sp³-hybridized carbons (Fsp3) is 0.214. The van der Waals surface area contributed by atoms with Crippen molar-refractivity contribution in [1.29, 1.82) is 0 Å². The largest absolute Gasteiger partial charge is 0.508 e. The molecule has 1 atom stereocenters. The summed E-state index contributed by atoms with van der Waals surface area (Å²) < 4.78 is 5.15. The predicted molar refractivity (Wildman–Crippen MR) is 72.6 cm³/mol. The van der Waals surface area contributed by atoms with Gasteiger partial charge in [-0.05, 0) is 37.3 Å². The van der Waals surface area contributed by atoms with Crippen LogP contribution in [-0.4, -0.2) is 22.3 Å². The topological polar surface area (TPSA) is 74.6 Å². The minimum Gasteiger partial charge on any atom is -0.508 e. The van der Waals surface area contributed by atoms with Gasteiger partial charge in [-0.3, -0.25) is 0 Å². The van der Waals surface area contributed by atoms with Crippen molar-refractivity contribution in [3.05, 3.63) is 42.1 Å². The molecule has 19 heavy (non-hydrogen) atoms. The number of nitrogens with one attached hydrogen (secondary N) is 1. The van der Waals surface area contributed by atoms with E-state index in [9.17, 15) is 10.2 Å². The lowest BCUT2D eigenvalue weighted by atomic mass is 10.1. The van der Waals surface area contributed by atoms with Gasteiger partial charge in [0.2, 0.25) is 5.88 Å². The molecular weight excluding hydrogens is 244 g/mol. The summed E-state index contributed by atoms with van der Waals surface area (Å²) in [7, 11) is 1.55. The number of aromatic hydroxyl groups is 2. The zero-order valence-corrected chi connectivity index (χ0v) is 10.8. The van der Waals surface area contributed by atoms with E-state index in [0.717, 1.165) is 5.69 Å². The van der Waals surface area contributed by atoms with E-state index in [1.165, 1.54) is 18.2 Å². The van der Waals surface area contributed by atoms with Crippen molar-refractivity contribution < 1.29 is 14.9 Å². The van der Waals surface area contributed by atoms with Crippen molar-refractivity contribution in [2.45, 2.75) is 13.0 Å². The lowest BCUT2D eigenvalue weighted by molar-refractivity contribution is 0.399. The molecule has 0 aliphatic heterocycles. The van der Waals surface area contributed by atoms with Crippen LogP contribution in [0.15, 0.2) is 36.5 Å². The Balaban J connectivity index is 2.25. The molecule has 1 aromatic heterocycles. The van der Waals surface area contributed by atoms with E-state index in [0.29, 0.717) is 11.4 Å². The number of phenols is 2. The summed E-state index contributed by atoms with van der Waals surface area (Å²) in [4.78, 5) is 4.09. The molecule has 0 saturated carbocycles. The number of pyridine rings is 1. The molecule has 100 valence electrons. The number of hydrogen-bond acceptors (Lipinski definition) is 5. The Morgan fingerprint density at radius 2 is 2.05 bits per heavy atom. The van der Waals surface area contributed by atoms with Crippen molar-refractivity contribution >= 4 is 5.69 Å². The minimum atomic E-state index is -0.204. The van der Waals surface area contributed by atoms with E-state index < -0.39 is 0 Å². The third-order valence-electron chi connectivity index (χ3n) is 2.81. The summed E-state index contributed by atoms with van der Waals surface area (Å²) >= 11 is 0. The molecule has 0 amide bonds. The molecule has 0 aliphatic carbocycles. The molecular formula is C14H16N2O3. The second-order valence-electron chi connectivity index (χ2n) is 4.17. The van der Waals surface area contributed by atoms with Crippen LogP contribution in [0.4, 0.5) is 5.69 Å². The van der Waals surface area contributed by atoms with Gasteiger partial charge in [-0.15, -0.1) is 0 Å². The van der Waals surface area contributed by atoms with Gasteiger partial charge >= 0.3 is 0 Å². The van der Waals surface area contributed by atoms with Crippen LogP contribution in [0, 0.1) is 0 Å². The molecule has 5 nitrogen and oxygen atoms in total. The molecule has 2 aromatic rings. The fourth-order valence-electron chi connectivity index (χ4n) is 1.86. The molecule has 2 rings (SSSR count). The van der Waals surface area contributed by atoms with Gasteiger partial charge in [0.1, 0.15) is 11.5 Å². The molecule has 0 radical (unpaired) electrons. The average molecular weight is 260 g/mol. The zero-order chi connectivity index (χ0) is 13.8. The number of benzene rings is 1. The maximum atomic E-state index is 9.81. The molecule has 1 heterocycles. The normalized spacial score (nSPS) is 11.9. The first kappa shape index (κ1) is 13.0. The molecule has 0 saturated heterocycles. The fourth-order valence-corrected chi connectivity index (χ4v) is 1.86. The SMILES string of the molecule is COc1ncccc1NC(C)c1cc(O)ccc1O. The smallest absolute Gasteiger partial charge is 0.237 e. The summed E-state index contributed by atoms with van der Waals surface area (Å²) in [5.41, 5.74) is 1.33. The van der Waals surface area contributed by atoms with Crippen LogP contribution in [0.25, 0.3) is 0 Å². The van der Waals surface area contributed by atoms with Crippen LogP contribution in [0.3, 0.4) is 0 Å². The number of nitrogens with zero attached hydrogens (tertiary/aromatic N) is 1. The standard InChI is InChI=1S/C14H16N2O3/c1-9(11-8-10(17)5-6-13(11)18)16-12-4-3-7-15-14(12)19-2/h3-9,16-18H,1-2H3. The quantitative estimate of drug-likeness (QED) is 0.737. The molecule has 1 unspecified atom stereocenters. The predicted octanol–water partition coefficient (Wildman–Crippen LogP) is 2.67. The summed E-state index contributed by atoms with van der Waals surface area (Å²) in [6.45, 7) is 1.88. The van der Waals surface area contributed by atoms with E-state index in [-0.39, 0.29) is 17.5 Å². The summed E-state index contributed by atoms with van der Waals surface area (Å²) in [6.07, 6.45) is 1.64. The van der Waals surface area contributed by atoms with Crippen LogP contribution >= 0.6 is 0 Å². The summed E-state index contributed by atoms with van der Waals surface area (Å²) in [5.74, 6) is 0.717. The number of aromatic nitrogens is 1. The highest BCUT2D eigenvalue weighted by Crippen LogP contribution is 2.31. The van der Waals surface area contributed by atoms with E-state index in [1.807, 2.05) is 13.0 Å². The molecule has 3 N–H and O–H groups in total. The molecule has 0 spiro atoms. The van der Waals surface area contributed by atoms with Crippen molar-refractivity contribution in [2.75, 3.05) is 12.4 Å². The van der Waals surface area contributed by atoms with Crippen molar-refractivity contribution in [3.8, 4) is 17.4 Å². The Bertz CT molecular complexity index is 572. The highest BCUT2D eigenvalue weighted by atomic mass is 16.5. The highest BCUT2D eigenvalue weighted by Gasteiger charge is 2.13. The molecule has 0 fully saturated rings. The van der Waals surface area contributed by atoms with Crippen molar-refractivity contribution in [1.82, 2.24) is 4.98 Å². The summed E-state index contributed by atoms with van der Waals surface area (Å²) in [6, 6.07) is 7.85. The van der Waals surface area contributed by atoms with Crippen LogP contribution in [0.5, 0.6) is 17.4 Å². The maximum absolute atomic E-state index is 9.81. The monoisotopic (exact) mass is 260 g/mol. The zero-order valence-electron chi connectivity index (χ0n) is 10.8. The lowest BCUT2D eigenvalue weighted by Crippen LogP contribution is -2.08. The third kappa shape index (κ3) is 2.88. The number of anilines is 1. The van der Waals surface area contributed by atoms with Crippen molar-refractivity contribution in [2.24, 2.45) is 0 Å². The van der Waals surface area contributed by atoms with Crippen LogP contribution in [0.2, 0.25) is 0 Å². The van der Waals surface area contributed by atoms with Gasteiger partial charge in [0.05, 0.1) is 18.8 Å². The van der Waals surface area contributed by atoms with Gasteiger partial charge < -0.3 is 20.3 Å². The molecule has 1 aromatic carbocycles. The van der Waals surface area contributed by atoms with Crippen LogP contribution < -0.4 is 10.1 Å². The first-order valence-electron chi connectivity index (χ1n) is 5.89. The Labute approximate surface area is 111 Å². The Morgan fingerprint density at radius 1 is 1.26 bits per heavy atom. The van der Waals surface area contributed by atoms with E-state index in [2.05, 4.69) is 10.3 Å². The van der Waals surface area contributed by atoms with Gasteiger partial charge in [0.25, 0.3) is 0 Å². The number of rotatable bonds is 4. The first-order chi connectivity index (χ1) is 9.11. The second-order valence-corrected chi connectivity index (χ2v) is 4.17. The van der Waals surface area contributed by atoms with E-state index >= 15 is 0 Å². The van der Waals surface area contributed by atoms with Gasteiger partial charge in [0.15, 0.2) is 0 Å². The Hall–Kier alpha value is -2.43. The number of hydrogen-bond donors (Lipinski definition) is 3. The molecule has 0 bridgehead atoms. The van der Waals surface area contributed by atoms with Gasteiger partial charge in [-0.2, -0.15) is 0 Å². The minimum absolute atomic E-state index is 0.111. The van der Waals surface area contributed by atoms with E-state index in [4.69, 9.17) is 4.74 Å².